The van der Waals surface area contributed by atoms with E-state index in [2.05, 4.69) is 34.2 Å². The molecule has 4 rings (SSSR count). The number of hydrogen-bond donors (Lipinski definition) is 4. The van der Waals surface area contributed by atoms with Gasteiger partial charge in [0, 0.05) is 36.6 Å². The van der Waals surface area contributed by atoms with E-state index in [0.717, 1.165) is 35.7 Å². The molecule has 1 aliphatic rings. The van der Waals surface area contributed by atoms with Crippen LogP contribution in [0.2, 0.25) is 0 Å². The predicted octanol–water partition coefficient (Wildman–Crippen LogP) is 4.00. The van der Waals surface area contributed by atoms with Gasteiger partial charge in [-0.2, -0.15) is 5.26 Å². The van der Waals surface area contributed by atoms with Gasteiger partial charge in [-0.15, -0.1) is 0 Å². The minimum Gasteiger partial charge on any atom is -0.465 e. The summed E-state index contributed by atoms with van der Waals surface area (Å²) in [6.07, 6.45) is 5.73. The Bertz CT molecular complexity index is 1350. The molecule has 0 aliphatic heterocycles. The van der Waals surface area contributed by atoms with Crippen LogP contribution in [-0.4, -0.2) is 40.2 Å². The zero-order chi connectivity index (χ0) is 25.5. The smallest absolute Gasteiger partial charge is 0.404 e. The lowest BCUT2D eigenvalue weighted by Crippen LogP contribution is -2.36. The highest BCUT2D eigenvalue weighted by atomic mass is 16.4. The molecule has 0 bridgehead atoms. The standard InChI is InChI=1S/C27H27N5O4/c28-16-19-6-9-20-15-24(26(34)31-21-4-2-1-3-5-21)32(23(20)14-19)17-18-7-10-22(11-8-18)30-25(33)12-13-29-27(35)36/h1-2,6-11,14-15,21,29H,3-5,12-13,17H2,(H,30,33)(H,31,34)(H,35,36). The molecule has 1 aliphatic carbocycles. The summed E-state index contributed by atoms with van der Waals surface area (Å²) in [5.74, 6) is -0.447. The second kappa shape index (κ2) is 11.2. The lowest BCUT2D eigenvalue weighted by Gasteiger charge is -2.20. The van der Waals surface area contributed by atoms with Gasteiger partial charge in [-0.1, -0.05) is 30.4 Å². The molecular weight excluding hydrogens is 458 g/mol. The number of nitriles is 1. The average Bonchev–Trinajstić information content (AvgIpc) is 3.23. The first kappa shape index (κ1) is 24.5. The zero-order valence-electron chi connectivity index (χ0n) is 19.7. The van der Waals surface area contributed by atoms with E-state index in [1.165, 1.54) is 0 Å². The van der Waals surface area contributed by atoms with Crippen LogP contribution in [0.15, 0.2) is 60.7 Å². The van der Waals surface area contributed by atoms with Crippen molar-refractivity contribution < 1.29 is 19.5 Å². The molecule has 0 fully saturated rings. The molecule has 9 heteroatoms. The number of benzene rings is 2. The number of amides is 3. The molecular formula is C27H27N5O4. The van der Waals surface area contributed by atoms with Crippen molar-refractivity contribution >= 4 is 34.5 Å². The number of carbonyl (C=O) groups is 3. The third-order valence-electron chi connectivity index (χ3n) is 6.08. The monoisotopic (exact) mass is 485 g/mol. The molecule has 3 amide bonds. The molecule has 0 saturated heterocycles. The van der Waals surface area contributed by atoms with Crippen molar-refractivity contribution in [2.24, 2.45) is 0 Å². The van der Waals surface area contributed by atoms with Gasteiger partial charge in [0.25, 0.3) is 5.91 Å². The van der Waals surface area contributed by atoms with Gasteiger partial charge < -0.3 is 25.6 Å². The third kappa shape index (κ3) is 6.10. The van der Waals surface area contributed by atoms with Crippen LogP contribution in [0.1, 0.15) is 47.3 Å². The second-order valence-corrected chi connectivity index (χ2v) is 8.68. The van der Waals surface area contributed by atoms with E-state index in [9.17, 15) is 19.6 Å². The third-order valence-corrected chi connectivity index (χ3v) is 6.08. The lowest BCUT2D eigenvalue weighted by molar-refractivity contribution is -0.116. The molecule has 0 radical (unpaired) electrons. The van der Waals surface area contributed by atoms with Gasteiger partial charge in [0.05, 0.1) is 17.1 Å². The van der Waals surface area contributed by atoms with Crippen molar-refractivity contribution in [1.82, 2.24) is 15.2 Å². The molecule has 36 heavy (non-hydrogen) atoms. The zero-order valence-corrected chi connectivity index (χ0v) is 19.7. The van der Waals surface area contributed by atoms with Gasteiger partial charge in [0.15, 0.2) is 0 Å². The number of anilines is 1. The van der Waals surface area contributed by atoms with Crippen molar-refractivity contribution in [3.05, 3.63) is 77.5 Å². The quantitative estimate of drug-likeness (QED) is 0.358. The van der Waals surface area contributed by atoms with Crippen LogP contribution >= 0.6 is 0 Å². The second-order valence-electron chi connectivity index (χ2n) is 8.68. The first-order chi connectivity index (χ1) is 17.4. The molecule has 0 saturated carbocycles. The average molecular weight is 486 g/mol. The van der Waals surface area contributed by atoms with E-state index in [1.54, 1.807) is 24.3 Å². The predicted molar refractivity (Wildman–Crippen MR) is 136 cm³/mol. The Balaban J connectivity index is 1.53. The fourth-order valence-corrected chi connectivity index (χ4v) is 4.25. The SMILES string of the molecule is N#Cc1ccc2cc(C(=O)NC3CC=CCC3)n(Cc3ccc(NC(=O)CCNC(=O)O)cc3)c2c1. The number of carboxylic acid groups (broad SMARTS) is 1. The van der Waals surface area contributed by atoms with Crippen LogP contribution in [0.4, 0.5) is 10.5 Å². The molecule has 1 heterocycles. The molecule has 1 aromatic heterocycles. The number of aromatic nitrogens is 1. The van der Waals surface area contributed by atoms with E-state index >= 15 is 0 Å². The largest absolute Gasteiger partial charge is 0.465 e. The Morgan fingerprint density at radius 1 is 1.08 bits per heavy atom. The van der Waals surface area contributed by atoms with Crippen molar-refractivity contribution in [1.29, 1.82) is 5.26 Å². The summed E-state index contributed by atoms with van der Waals surface area (Å²) in [4.78, 5) is 35.7. The Morgan fingerprint density at radius 2 is 1.89 bits per heavy atom. The number of nitrogens with one attached hydrogen (secondary N) is 3. The van der Waals surface area contributed by atoms with Gasteiger partial charge in [-0.3, -0.25) is 9.59 Å². The summed E-state index contributed by atoms with van der Waals surface area (Å²) < 4.78 is 1.91. The number of hydrogen-bond acceptors (Lipinski definition) is 4. The topological polar surface area (TPSA) is 136 Å². The van der Waals surface area contributed by atoms with Crippen molar-refractivity contribution in [3.63, 3.8) is 0 Å². The van der Waals surface area contributed by atoms with Crippen LogP contribution < -0.4 is 16.0 Å². The highest BCUT2D eigenvalue weighted by Gasteiger charge is 2.20. The summed E-state index contributed by atoms with van der Waals surface area (Å²) >= 11 is 0. The molecule has 1 atom stereocenters. The highest BCUT2D eigenvalue weighted by molar-refractivity contribution is 5.99. The Hall–Kier alpha value is -4.58. The molecule has 4 N–H and O–H groups in total. The van der Waals surface area contributed by atoms with E-state index in [0.29, 0.717) is 23.5 Å². The van der Waals surface area contributed by atoms with Crippen LogP contribution in [0, 0.1) is 11.3 Å². The van der Waals surface area contributed by atoms with Gasteiger partial charge in [0.1, 0.15) is 5.69 Å². The first-order valence-electron chi connectivity index (χ1n) is 11.8. The maximum atomic E-state index is 13.2. The van der Waals surface area contributed by atoms with E-state index in [-0.39, 0.29) is 30.8 Å². The van der Waals surface area contributed by atoms with Gasteiger partial charge in [-0.25, -0.2) is 4.79 Å². The molecule has 0 spiro atoms. The number of rotatable bonds is 8. The molecule has 2 aromatic carbocycles. The summed E-state index contributed by atoms with van der Waals surface area (Å²) in [5, 5.41) is 26.9. The summed E-state index contributed by atoms with van der Waals surface area (Å²) in [6, 6.07) is 16.7. The number of carbonyl (C=O) groups excluding carboxylic acids is 2. The van der Waals surface area contributed by atoms with Crippen LogP contribution in [0.25, 0.3) is 10.9 Å². The number of nitrogens with zero attached hydrogens (tertiary/aromatic N) is 2. The van der Waals surface area contributed by atoms with Crippen LogP contribution in [-0.2, 0) is 11.3 Å². The minimum absolute atomic E-state index is 0.0277. The maximum Gasteiger partial charge on any atom is 0.404 e. The molecule has 9 nitrogen and oxygen atoms in total. The van der Waals surface area contributed by atoms with Gasteiger partial charge in [-0.05, 0) is 55.2 Å². The number of fused-ring (bicyclic) bond motifs is 1. The molecule has 3 aromatic rings. The maximum absolute atomic E-state index is 13.2. The first-order valence-corrected chi connectivity index (χ1v) is 11.8. The highest BCUT2D eigenvalue weighted by Crippen LogP contribution is 2.24. The van der Waals surface area contributed by atoms with Crippen molar-refractivity contribution in [2.45, 2.75) is 38.3 Å². The fourth-order valence-electron chi connectivity index (χ4n) is 4.25. The van der Waals surface area contributed by atoms with Crippen LogP contribution in [0.3, 0.4) is 0 Å². The van der Waals surface area contributed by atoms with E-state index in [4.69, 9.17) is 5.11 Å². The Labute approximate surface area is 208 Å². The minimum atomic E-state index is -1.17. The summed E-state index contributed by atoms with van der Waals surface area (Å²) in [6.45, 7) is 0.440. The lowest BCUT2D eigenvalue weighted by atomic mass is 10.0. The van der Waals surface area contributed by atoms with Gasteiger partial charge >= 0.3 is 6.09 Å². The molecule has 184 valence electrons. The van der Waals surface area contributed by atoms with Gasteiger partial charge in [0.2, 0.25) is 5.91 Å². The van der Waals surface area contributed by atoms with E-state index in [1.807, 2.05) is 28.8 Å². The Morgan fingerprint density at radius 3 is 2.58 bits per heavy atom. The Kier molecular flexibility index (Phi) is 7.66. The van der Waals surface area contributed by atoms with Crippen molar-refractivity contribution in [3.8, 4) is 6.07 Å². The summed E-state index contributed by atoms with van der Waals surface area (Å²) in [5.41, 5.74) is 3.34. The van der Waals surface area contributed by atoms with Crippen LogP contribution in [0.5, 0.6) is 0 Å². The number of allylic oxidation sites excluding steroid dienone is 1. The summed E-state index contributed by atoms with van der Waals surface area (Å²) in [7, 11) is 0. The molecule has 1 unspecified atom stereocenters. The van der Waals surface area contributed by atoms with E-state index < -0.39 is 6.09 Å². The van der Waals surface area contributed by atoms with Crippen molar-refractivity contribution in [2.75, 3.05) is 11.9 Å². The fraction of sp³-hybridized carbons (Fsp3) is 0.259. The normalized spacial score (nSPS) is 14.7.